The van der Waals surface area contributed by atoms with Crippen LogP contribution in [0.1, 0.15) is 33.3 Å². The van der Waals surface area contributed by atoms with E-state index in [9.17, 15) is 19.1 Å². The third kappa shape index (κ3) is 3.71. The van der Waals surface area contributed by atoms with Gasteiger partial charge in [-0.3, -0.25) is 4.79 Å². The maximum absolute atomic E-state index is 13.2. The summed E-state index contributed by atoms with van der Waals surface area (Å²) in [5, 5.41) is 14.4. The van der Waals surface area contributed by atoms with E-state index in [1.54, 1.807) is 26.8 Å². The number of hydrogen-bond donors (Lipinski definition) is 3. The predicted octanol–water partition coefficient (Wildman–Crippen LogP) is 3.15. The first kappa shape index (κ1) is 16.9. The first-order valence-electron chi connectivity index (χ1n) is 6.56. The number of anilines is 1. The van der Waals surface area contributed by atoms with Crippen LogP contribution < -0.4 is 10.6 Å². The highest BCUT2D eigenvalue weighted by atomic mass is 19.1. The molecule has 1 aromatic rings. The van der Waals surface area contributed by atoms with Crippen LogP contribution in [0.4, 0.5) is 14.9 Å². The van der Waals surface area contributed by atoms with E-state index in [1.165, 1.54) is 26.0 Å². The molecule has 0 spiro atoms. The van der Waals surface area contributed by atoms with Crippen molar-refractivity contribution in [2.45, 2.75) is 40.2 Å². The van der Waals surface area contributed by atoms with Crippen molar-refractivity contribution in [2.24, 2.45) is 5.41 Å². The summed E-state index contributed by atoms with van der Waals surface area (Å²) in [6.07, 6.45) is 0. The molecular formula is C15H21FN2O3. The SMILES string of the molecule is Cc1ccc(F)cc1NC(=O)NC(C)(C)C(C)(C)C(=O)O. The second kappa shape index (κ2) is 5.71. The highest BCUT2D eigenvalue weighted by molar-refractivity contribution is 5.91. The molecule has 0 radical (unpaired) electrons. The lowest BCUT2D eigenvalue weighted by atomic mass is 9.74. The van der Waals surface area contributed by atoms with Crippen molar-refractivity contribution < 1.29 is 19.1 Å². The summed E-state index contributed by atoms with van der Waals surface area (Å²) in [7, 11) is 0. The van der Waals surface area contributed by atoms with Crippen LogP contribution in [0.15, 0.2) is 18.2 Å². The Balaban J connectivity index is 2.87. The predicted molar refractivity (Wildman–Crippen MR) is 78.8 cm³/mol. The molecule has 0 bridgehead atoms. The maximum atomic E-state index is 13.2. The van der Waals surface area contributed by atoms with Crippen molar-refractivity contribution in [3.05, 3.63) is 29.6 Å². The molecule has 0 saturated carbocycles. The van der Waals surface area contributed by atoms with Gasteiger partial charge in [-0.05, 0) is 52.3 Å². The number of rotatable bonds is 4. The Labute approximate surface area is 123 Å². The van der Waals surface area contributed by atoms with Crippen LogP contribution in [0.2, 0.25) is 0 Å². The minimum Gasteiger partial charge on any atom is -0.481 e. The minimum atomic E-state index is -1.17. The van der Waals surface area contributed by atoms with Crippen molar-refractivity contribution in [1.29, 1.82) is 0 Å². The van der Waals surface area contributed by atoms with Gasteiger partial charge in [-0.2, -0.15) is 0 Å². The zero-order chi connectivity index (χ0) is 16.4. The highest BCUT2D eigenvalue weighted by Gasteiger charge is 2.44. The number of aryl methyl sites for hydroxylation is 1. The number of nitrogens with one attached hydrogen (secondary N) is 2. The summed E-state index contributed by atoms with van der Waals surface area (Å²) >= 11 is 0. The Morgan fingerprint density at radius 3 is 2.29 bits per heavy atom. The van der Waals surface area contributed by atoms with E-state index in [0.29, 0.717) is 11.3 Å². The lowest BCUT2D eigenvalue weighted by molar-refractivity contribution is -0.150. The lowest BCUT2D eigenvalue weighted by Crippen LogP contribution is -2.57. The number of carbonyl (C=O) groups is 2. The van der Waals surface area contributed by atoms with Gasteiger partial charge in [-0.25, -0.2) is 9.18 Å². The average Bonchev–Trinajstić information content (AvgIpc) is 2.32. The normalized spacial score (nSPS) is 11.9. The Kier molecular flexibility index (Phi) is 4.61. The van der Waals surface area contributed by atoms with Crippen molar-refractivity contribution in [2.75, 3.05) is 5.32 Å². The first-order chi connectivity index (χ1) is 9.47. The molecule has 5 nitrogen and oxygen atoms in total. The summed E-state index contributed by atoms with van der Waals surface area (Å²) in [6, 6.07) is 3.49. The van der Waals surface area contributed by atoms with Crippen LogP contribution >= 0.6 is 0 Å². The van der Waals surface area contributed by atoms with Crippen LogP contribution in [-0.4, -0.2) is 22.6 Å². The number of hydrogen-bond acceptors (Lipinski definition) is 2. The molecule has 0 atom stereocenters. The fraction of sp³-hybridized carbons (Fsp3) is 0.467. The molecule has 0 aromatic heterocycles. The number of amides is 2. The molecule has 0 aliphatic heterocycles. The van der Waals surface area contributed by atoms with Gasteiger partial charge in [0.05, 0.1) is 11.0 Å². The van der Waals surface area contributed by atoms with E-state index >= 15 is 0 Å². The van der Waals surface area contributed by atoms with E-state index in [-0.39, 0.29) is 0 Å². The number of aliphatic carboxylic acids is 1. The number of urea groups is 1. The van der Waals surface area contributed by atoms with E-state index in [1.807, 2.05) is 0 Å². The standard InChI is InChI=1S/C15H21FN2O3/c1-9-6-7-10(16)8-11(9)17-13(21)18-15(4,5)14(2,3)12(19)20/h6-8H,1-5H3,(H,19,20)(H2,17,18,21). The highest BCUT2D eigenvalue weighted by Crippen LogP contribution is 2.30. The smallest absolute Gasteiger partial charge is 0.319 e. The molecule has 0 aliphatic carbocycles. The van der Waals surface area contributed by atoms with E-state index < -0.39 is 28.8 Å². The van der Waals surface area contributed by atoms with Gasteiger partial charge in [0.15, 0.2) is 0 Å². The van der Waals surface area contributed by atoms with Gasteiger partial charge in [0.2, 0.25) is 0 Å². The third-order valence-corrected chi connectivity index (χ3v) is 3.97. The van der Waals surface area contributed by atoms with Crippen molar-refractivity contribution in [3.8, 4) is 0 Å². The zero-order valence-electron chi connectivity index (χ0n) is 12.9. The van der Waals surface area contributed by atoms with Crippen LogP contribution in [0.3, 0.4) is 0 Å². The summed E-state index contributed by atoms with van der Waals surface area (Å²) < 4.78 is 13.2. The Morgan fingerprint density at radius 1 is 1.19 bits per heavy atom. The quantitative estimate of drug-likeness (QED) is 0.798. The molecule has 116 valence electrons. The number of benzene rings is 1. The number of halogens is 1. The van der Waals surface area contributed by atoms with Gasteiger partial charge < -0.3 is 15.7 Å². The van der Waals surface area contributed by atoms with E-state index in [0.717, 1.165) is 0 Å². The van der Waals surface area contributed by atoms with Gasteiger partial charge in [0.25, 0.3) is 0 Å². The molecule has 0 fully saturated rings. The zero-order valence-corrected chi connectivity index (χ0v) is 12.9. The number of carboxylic acids is 1. The minimum absolute atomic E-state index is 0.344. The summed E-state index contributed by atoms with van der Waals surface area (Å²) in [5.41, 5.74) is -1.11. The van der Waals surface area contributed by atoms with Crippen molar-refractivity contribution in [1.82, 2.24) is 5.32 Å². The molecule has 6 heteroatoms. The van der Waals surface area contributed by atoms with Crippen molar-refractivity contribution >= 4 is 17.7 Å². The van der Waals surface area contributed by atoms with Gasteiger partial charge in [-0.1, -0.05) is 6.07 Å². The third-order valence-electron chi connectivity index (χ3n) is 3.97. The summed E-state index contributed by atoms with van der Waals surface area (Å²) in [5.74, 6) is -1.48. The summed E-state index contributed by atoms with van der Waals surface area (Å²) in [6.45, 7) is 8.05. The van der Waals surface area contributed by atoms with Crippen LogP contribution in [0, 0.1) is 18.2 Å². The fourth-order valence-electron chi connectivity index (χ4n) is 1.59. The Hall–Kier alpha value is -2.11. The van der Waals surface area contributed by atoms with Crippen LogP contribution in [-0.2, 0) is 4.79 Å². The maximum Gasteiger partial charge on any atom is 0.319 e. The molecule has 0 unspecified atom stereocenters. The molecule has 1 aromatic carbocycles. The van der Waals surface area contributed by atoms with Gasteiger partial charge in [-0.15, -0.1) is 0 Å². The second-order valence-corrected chi connectivity index (χ2v) is 6.09. The van der Waals surface area contributed by atoms with Gasteiger partial charge in [0.1, 0.15) is 5.82 Å². The van der Waals surface area contributed by atoms with E-state index in [4.69, 9.17) is 0 Å². The molecular weight excluding hydrogens is 275 g/mol. The number of carbonyl (C=O) groups excluding carboxylic acids is 1. The van der Waals surface area contributed by atoms with Crippen LogP contribution in [0.5, 0.6) is 0 Å². The summed E-state index contributed by atoms with van der Waals surface area (Å²) in [4.78, 5) is 23.3. The second-order valence-electron chi connectivity index (χ2n) is 6.09. The first-order valence-corrected chi connectivity index (χ1v) is 6.56. The van der Waals surface area contributed by atoms with Gasteiger partial charge >= 0.3 is 12.0 Å². The van der Waals surface area contributed by atoms with Gasteiger partial charge in [0, 0.05) is 5.69 Å². The average molecular weight is 296 g/mol. The van der Waals surface area contributed by atoms with Crippen LogP contribution in [0.25, 0.3) is 0 Å². The lowest BCUT2D eigenvalue weighted by Gasteiger charge is -2.38. The van der Waals surface area contributed by atoms with E-state index in [2.05, 4.69) is 10.6 Å². The monoisotopic (exact) mass is 296 g/mol. The molecule has 0 heterocycles. The molecule has 0 aliphatic rings. The molecule has 2 amide bonds. The Morgan fingerprint density at radius 2 is 1.76 bits per heavy atom. The molecule has 1 rings (SSSR count). The topological polar surface area (TPSA) is 78.4 Å². The Bertz CT molecular complexity index is 568. The van der Waals surface area contributed by atoms with Crippen molar-refractivity contribution in [3.63, 3.8) is 0 Å². The largest absolute Gasteiger partial charge is 0.481 e. The molecule has 0 saturated heterocycles. The number of carboxylic acid groups (broad SMARTS) is 1. The molecule has 3 N–H and O–H groups in total. The fourth-order valence-corrected chi connectivity index (χ4v) is 1.59. The molecule has 21 heavy (non-hydrogen) atoms.